The number of nitrogens with two attached hydrogens (primary N) is 1. The zero-order valence-corrected chi connectivity index (χ0v) is 8.89. The quantitative estimate of drug-likeness (QED) is 0.847. The molecule has 92 valence electrons. The second-order valence-electron chi connectivity index (χ2n) is 3.39. The number of hydrogen-bond donors (Lipinski definition) is 2. The molecule has 2 rings (SSSR count). The van der Waals surface area contributed by atoms with Gasteiger partial charge in [0.1, 0.15) is 11.6 Å². The fourth-order valence-corrected chi connectivity index (χ4v) is 1.42. The smallest absolute Gasteiger partial charge is 0.358 e. The Balaban J connectivity index is 2.65. The van der Waals surface area contributed by atoms with Crippen molar-refractivity contribution in [3.63, 3.8) is 0 Å². The maximum absolute atomic E-state index is 13.5. The van der Waals surface area contributed by atoms with Gasteiger partial charge in [0.25, 0.3) is 0 Å². The minimum Gasteiger partial charge on any atom is -0.476 e. The molecule has 0 amide bonds. The summed E-state index contributed by atoms with van der Waals surface area (Å²) < 4.78 is 27.0. The standard InChI is InChI=1S/C11H7F2N3O2/c12-5-2-1-3-6(13)8(5)7-4-15-10(14)9(16-7)11(17)18/h1-4H,(H2,14,15)(H,17,18). The molecule has 1 aromatic carbocycles. The molecular weight excluding hydrogens is 244 g/mol. The predicted molar refractivity (Wildman–Crippen MR) is 58.8 cm³/mol. The van der Waals surface area contributed by atoms with E-state index in [1.54, 1.807) is 0 Å². The molecule has 0 atom stereocenters. The van der Waals surface area contributed by atoms with E-state index in [4.69, 9.17) is 10.8 Å². The average molecular weight is 251 g/mol. The maximum Gasteiger partial charge on any atom is 0.358 e. The van der Waals surface area contributed by atoms with Crippen molar-refractivity contribution in [3.8, 4) is 11.3 Å². The molecule has 1 aromatic heterocycles. The van der Waals surface area contributed by atoms with Crippen LogP contribution in [0.5, 0.6) is 0 Å². The number of anilines is 1. The molecule has 0 unspecified atom stereocenters. The van der Waals surface area contributed by atoms with Crippen LogP contribution in [0.3, 0.4) is 0 Å². The lowest BCUT2D eigenvalue weighted by Gasteiger charge is -2.06. The summed E-state index contributed by atoms with van der Waals surface area (Å²) in [6, 6.07) is 3.27. The molecule has 0 fully saturated rings. The van der Waals surface area contributed by atoms with Gasteiger partial charge in [-0.25, -0.2) is 23.5 Å². The van der Waals surface area contributed by atoms with Crippen LogP contribution in [0.2, 0.25) is 0 Å². The lowest BCUT2D eigenvalue weighted by Crippen LogP contribution is -2.09. The van der Waals surface area contributed by atoms with Crippen LogP contribution in [0, 0.1) is 11.6 Å². The molecule has 0 spiro atoms. The molecule has 2 aromatic rings. The van der Waals surface area contributed by atoms with Gasteiger partial charge in [0, 0.05) is 0 Å². The molecule has 18 heavy (non-hydrogen) atoms. The van der Waals surface area contributed by atoms with E-state index in [9.17, 15) is 13.6 Å². The van der Waals surface area contributed by atoms with E-state index in [2.05, 4.69) is 9.97 Å². The van der Waals surface area contributed by atoms with Crippen LogP contribution >= 0.6 is 0 Å². The van der Waals surface area contributed by atoms with Gasteiger partial charge in [-0.05, 0) is 12.1 Å². The van der Waals surface area contributed by atoms with Gasteiger partial charge in [-0.15, -0.1) is 0 Å². The zero-order valence-electron chi connectivity index (χ0n) is 8.89. The van der Waals surface area contributed by atoms with Crippen molar-refractivity contribution in [3.05, 3.63) is 41.7 Å². The number of carbonyl (C=O) groups is 1. The summed E-state index contributed by atoms with van der Waals surface area (Å²) in [6.07, 6.45) is 1.02. The third-order valence-electron chi connectivity index (χ3n) is 2.22. The minimum absolute atomic E-state index is 0.225. The van der Waals surface area contributed by atoms with Crippen molar-refractivity contribution in [2.45, 2.75) is 0 Å². The first-order chi connectivity index (χ1) is 8.50. The van der Waals surface area contributed by atoms with Crippen molar-refractivity contribution in [1.29, 1.82) is 0 Å². The van der Waals surface area contributed by atoms with Crippen molar-refractivity contribution < 1.29 is 18.7 Å². The molecule has 0 saturated heterocycles. The van der Waals surface area contributed by atoms with E-state index in [1.807, 2.05) is 0 Å². The Morgan fingerprint density at radius 2 is 1.89 bits per heavy atom. The van der Waals surface area contributed by atoms with E-state index in [-0.39, 0.29) is 11.5 Å². The third-order valence-corrected chi connectivity index (χ3v) is 2.22. The summed E-state index contributed by atoms with van der Waals surface area (Å²) in [7, 11) is 0. The number of nitrogens with zero attached hydrogens (tertiary/aromatic N) is 2. The van der Waals surface area contributed by atoms with Crippen molar-refractivity contribution in [2.75, 3.05) is 5.73 Å². The van der Waals surface area contributed by atoms with Crippen molar-refractivity contribution >= 4 is 11.8 Å². The Labute approximate surface area is 99.9 Å². The minimum atomic E-state index is -1.42. The number of carboxylic acids is 1. The second kappa shape index (κ2) is 4.36. The van der Waals surface area contributed by atoms with Gasteiger partial charge in [0.05, 0.1) is 17.5 Å². The van der Waals surface area contributed by atoms with Crippen LogP contribution in [-0.4, -0.2) is 21.0 Å². The summed E-state index contributed by atoms with van der Waals surface area (Å²) in [5, 5.41) is 8.81. The third kappa shape index (κ3) is 1.97. The highest BCUT2D eigenvalue weighted by atomic mass is 19.1. The first-order valence-corrected chi connectivity index (χ1v) is 4.81. The largest absolute Gasteiger partial charge is 0.476 e. The number of aromatic carboxylic acids is 1. The monoisotopic (exact) mass is 251 g/mol. The molecule has 7 heteroatoms. The first-order valence-electron chi connectivity index (χ1n) is 4.81. The van der Waals surface area contributed by atoms with Crippen LogP contribution in [0.25, 0.3) is 11.3 Å². The summed E-state index contributed by atoms with van der Waals surface area (Å²) >= 11 is 0. The SMILES string of the molecule is Nc1ncc(-c2c(F)cccc2F)nc1C(=O)O. The predicted octanol–water partition coefficient (Wildman–Crippen LogP) is 1.70. The van der Waals surface area contributed by atoms with Crippen LogP contribution < -0.4 is 5.73 Å². The summed E-state index contributed by atoms with van der Waals surface area (Å²) in [6.45, 7) is 0. The Morgan fingerprint density at radius 1 is 1.28 bits per heavy atom. The van der Waals surface area contributed by atoms with E-state index >= 15 is 0 Å². The molecule has 0 aliphatic carbocycles. The molecule has 0 saturated carbocycles. The number of halogens is 2. The highest BCUT2D eigenvalue weighted by Gasteiger charge is 2.17. The molecule has 3 N–H and O–H groups in total. The van der Waals surface area contributed by atoms with E-state index in [1.165, 1.54) is 6.07 Å². The lowest BCUT2D eigenvalue weighted by atomic mass is 10.1. The molecule has 0 aliphatic rings. The Bertz CT molecular complexity index is 611. The van der Waals surface area contributed by atoms with Gasteiger partial charge >= 0.3 is 5.97 Å². The van der Waals surface area contributed by atoms with Crippen LogP contribution in [0.1, 0.15) is 10.5 Å². The number of benzene rings is 1. The molecular formula is C11H7F2N3O2. The van der Waals surface area contributed by atoms with Crippen molar-refractivity contribution in [1.82, 2.24) is 9.97 Å². The zero-order chi connectivity index (χ0) is 13.3. The Kier molecular flexibility index (Phi) is 2.88. The highest BCUT2D eigenvalue weighted by molar-refractivity contribution is 5.90. The molecule has 0 bridgehead atoms. The molecule has 5 nitrogen and oxygen atoms in total. The maximum atomic E-state index is 13.5. The summed E-state index contributed by atoms with van der Waals surface area (Å²) in [4.78, 5) is 18.0. The van der Waals surface area contributed by atoms with Crippen LogP contribution in [-0.2, 0) is 0 Å². The lowest BCUT2D eigenvalue weighted by molar-refractivity contribution is 0.0691. The van der Waals surface area contributed by atoms with E-state index in [0.717, 1.165) is 18.3 Å². The fourth-order valence-electron chi connectivity index (χ4n) is 1.42. The Hall–Kier alpha value is -2.57. The van der Waals surface area contributed by atoms with Crippen molar-refractivity contribution in [2.24, 2.45) is 0 Å². The van der Waals surface area contributed by atoms with Gasteiger partial charge in [-0.2, -0.15) is 0 Å². The van der Waals surface area contributed by atoms with Gasteiger partial charge in [0.2, 0.25) is 0 Å². The Morgan fingerprint density at radius 3 is 2.44 bits per heavy atom. The number of hydrogen-bond acceptors (Lipinski definition) is 4. The van der Waals surface area contributed by atoms with Gasteiger partial charge in [-0.1, -0.05) is 6.07 Å². The highest BCUT2D eigenvalue weighted by Crippen LogP contribution is 2.24. The fraction of sp³-hybridized carbons (Fsp3) is 0. The van der Waals surface area contributed by atoms with E-state index < -0.39 is 28.9 Å². The first kappa shape index (κ1) is 11.9. The van der Waals surface area contributed by atoms with E-state index in [0.29, 0.717) is 0 Å². The van der Waals surface area contributed by atoms with Crippen LogP contribution in [0.4, 0.5) is 14.6 Å². The topological polar surface area (TPSA) is 89.1 Å². The second-order valence-corrected chi connectivity index (χ2v) is 3.39. The molecule has 0 aliphatic heterocycles. The summed E-state index contributed by atoms with van der Waals surface area (Å²) in [5.41, 5.74) is 4.09. The number of aromatic nitrogens is 2. The average Bonchev–Trinajstić information content (AvgIpc) is 2.30. The summed E-state index contributed by atoms with van der Waals surface area (Å²) in [5.74, 6) is -3.45. The van der Waals surface area contributed by atoms with Crippen LogP contribution in [0.15, 0.2) is 24.4 Å². The molecule has 1 heterocycles. The van der Waals surface area contributed by atoms with Gasteiger partial charge in [0.15, 0.2) is 11.5 Å². The molecule has 0 radical (unpaired) electrons. The number of nitrogen functional groups attached to an aromatic ring is 1. The number of rotatable bonds is 2. The van der Waals surface area contributed by atoms with Gasteiger partial charge < -0.3 is 10.8 Å². The van der Waals surface area contributed by atoms with Gasteiger partial charge in [-0.3, -0.25) is 0 Å². The number of carboxylic acid groups (broad SMARTS) is 1. The normalized spacial score (nSPS) is 10.3.